The van der Waals surface area contributed by atoms with E-state index >= 15 is 0 Å². The maximum Gasteiger partial charge on any atom is 0.292 e. The van der Waals surface area contributed by atoms with Gasteiger partial charge in [-0.2, -0.15) is 14.9 Å². The van der Waals surface area contributed by atoms with Gasteiger partial charge in [-0.05, 0) is 36.8 Å². The molecule has 9 heteroatoms. The standard InChI is InChI=1S/C21H16ClF2N5O/c1-13(15-5-2-3-6-18(15)28-10-4-9-25-28)27-17-12-26-29(21(30)20(17)22)19-8-7-14(23)11-16(19)24/h2-13,27H,1H3. The number of halogens is 3. The van der Waals surface area contributed by atoms with Gasteiger partial charge in [0.1, 0.15) is 16.5 Å². The Morgan fingerprint density at radius 1 is 1.07 bits per heavy atom. The highest BCUT2D eigenvalue weighted by Crippen LogP contribution is 2.27. The molecule has 0 saturated carbocycles. The predicted molar refractivity (Wildman–Crippen MR) is 110 cm³/mol. The molecule has 2 aromatic heterocycles. The fraction of sp³-hybridized carbons (Fsp3) is 0.0952. The fourth-order valence-electron chi connectivity index (χ4n) is 3.14. The van der Waals surface area contributed by atoms with Gasteiger partial charge in [0.15, 0.2) is 5.82 Å². The van der Waals surface area contributed by atoms with E-state index in [0.717, 1.165) is 28.1 Å². The van der Waals surface area contributed by atoms with Crippen LogP contribution in [0.3, 0.4) is 0 Å². The van der Waals surface area contributed by atoms with Crippen molar-refractivity contribution in [3.63, 3.8) is 0 Å². The van der Waals surface area contributed by atoms with Gasteiger partial charge in [0.2, 0.25) is 0 Å². The second kappa shape index (κ2) is 8.08. The van der Waals surface area contributed by atoms with Gasteiger partial charge < -0.3 is 5.32 Å². The average molecular weight is 428 g/mol. The van der Waals surface area contributed by atoms with Crippen LogP contribution in [-0.4, -0.2) is 19.6 Å². The van der Waals surface area contributed by atoms with Crippen molar-refractivity contribution in [2.75, 3.05) is 5.32 Å². The lowest BCUT2D eigenvalue weighted by Crippen LogP contribution is -2.24. The van der Waals surface area contributed by atoms with Gasteiger partial charge >= 0.3 is 0 Å². The number of hydrogen-bond donors (Lipinski definition) is 1. The molecule has 0 amide bonds. The van der Waals surface area contributed by atoms with Crippen molar-refractivity contribution in [3.05, 3.63) is 99.7 Å². The van der Waals surface area contributed by atoms with Crippen LogP contribution in [-0.2, 0) is 0 Å². The molecule has 0 spiro atoms. The number of aromatic nitrogens is 4. The summed E-state index contributed by atoms with van der Waals surface area (Å²) >= 11 is 6.25. The van der Waals surface area contributed by atoms with Gasteiger partial charge in [0.25, 0.3) is 5.56 Å². The van der Waals surface area contributed by atoms with Gasteiger partial charge in [0, 0.05) is 18.5 Å². The molecule has 4 rings (SSSR count). The molecule has 1 N–H and O–H groups in total. The molecule has 0 saturated heterocycles. The first kappa shape index (κ1) is 19.8. The summed E-state index contributed by atoms with van der Waals surface area (Å²) in [6.45, 7) is 1.91. The molecule has 1 atom stereocenters. The molecule has 0 aliphatic carbocycles. The Bertz CT molecular complexity index is 1260. The molecule has 0 bridgehead atoms. The zero-order chi connectivity index (χ0) is 21.3. The first-order chi connectivity index (χ1) is 14.5. The second-order valence-electron chi connectivity index (χ2n) is 6.56. The Balaban J connectivity index is 1.67. The van der Waals surface area contributed by atoms with Crippen molar-refractivity contribution in [3.8, 4) is 11.4 Å². The topological polar surface area (TPSA) is 64.7 Å². The van der Waals surface area contributed by atoms with Crippen LogP contribution in [0.25, 0.3) is 11.4 Å². The van der Waals surface area contributed by atoms with E-state index in [1.165, 1.54) is 6.20 Å². The SMILES string of the molecule is CC(Nc1cnn(-c2ccc(F)cc2F)c(=O)c1Cl)c1ccccc1-n1cccn1. The second-order valence-corrected chi connectivity index (χ2v) is 6.94. The monoisotopic (exact) mass is 427 g/mol. The van der Waals surface area contributed by atoms with Crippen LogP contribution in [0.4, 0.5) is 14.5 Å². The lowest BCUT2D eigenvalue weighted by atomic mass is 10.1. The number of nitrogens with zero attached hydrogens (tertiary/aromatic N) is 4. The highest BCUT2D eigenvalue weighted by molar-refractivity contribution is 6.33. The summed E-state index contributed by atoms with van der Waals surface area (Å²) in [6.07, 6.45) is 4.85. The van der Waals surface area contributed by atoms with Gasteiger partial charge in [0.05, 0.1) is 23.6 Å². The molecular formula is C21H16ClF2N5O. The molecule has 0 aliphatic heterocycles. The molecule has 4 aromatic rings. The van der Waals surface area contributed by atoms with E-state index in [1.807, 2.05) is 43.5 Å². The minimum absolute atomic E-state index is 0.155. The Morgan fingerprint density at radius 3 is 2.60 bits per heavy atom. The lowest BCUT2D eigenvalue weighted by Gasteiger charge is -2.20. The Hall–Kier alpha value is -3.52. The first-order valence-electron chi connectivity index (χ1n) is 9.04. The minimum atomic E-state index is -0.914. The van der Waals surface area contributed by atoms with E-state index in [4.69, 9.17) is 11.6 Å². The van der Waals surface area contributed by atoms with Crippen molar-refractivity contribution in [2.24, 2.45) is 0 Å². The van der Waals surface area contributed by atoms with Crippen molar-refractivity contribution >= 4 is 17.3 Å². The number of nitrogens with one attached hydrogen (secondary N) is 1. The maximum atomic E-state index is 14.1. The average Bonchev–Trinajstić information content (AvgIpc) is 3.27. The molecule has 152 valence electrons. The molecule has 0 radical (unpaired) electrons. The van der Waals surface area contributed by atoms with E-state index in [9.17, 15) is 13.6 Å². The summed E-state index contributed by atoms with van der Waals surface area (Å²) in [6, 6.07) is 12.1. The number of anilines is 1. The Morgan fingerprint density at radius 2 is 1.87 bits per heavy atom. The van der Waals surface area contributed by atoms with Crippen LogP contribution in [0.5, 0.6) is 0 Å². The van der Waals surface area contributed by atoms with Crippen LogP contribution in [0.15, 0.2) is 71.9 Å². The molecule has 6 nitrogen and oxygen atoms in total. The van der Waals surface area contributed by atoms with Crippen molar-refractivity contribution in [2.45, 2.75) is 13.0 Å². The van der Waals surface area contributed by atoms with Crippen LogP contribution < -0.4 is 10.9 Å². The van der Waals surface area contributed by atoms with Crippen molar-refractivity contribution in [1.29, 1.82) is 0 Å². The highest BCUT2D eigenvalue weighted by Gasteiger charge is 2.17. The Labute approximate surface area is 175 Å². The van der Waals surface area contributed by atoms with E-state index < -0.39 is 17.2 Å². The van der Waals surface area contributed by atoms with Gasteiger partial charge in [-0.3, -0.25) is 4.79 Å². The van der Waals surface area contributed by atoms with Crippen molar-refractivity contribution in [1.82, 2.24) is 19.6 Å². The zero-order valence-corrected chi connectivity index (χ0v) is 16.5. The van der Waals surface area contributed by atoms with Gasteiger partial charge in [-0.25, -0.2) is 13.5 Å². The minimum Gasteiger partial charge on any atom is -0.376 e. The van der Waals surface area contributed by atoms with Crippen LogP contribution in [0, 0.1) is 11.6 Å². The summed E-state index contributed by atoms with van der Waals surface area (Å²) < 4.78 is 29.7. The zero-order valence-electron chi connectivity index (χ0n) is 15.8. The number of rotatable bonds is 5. The van der Waals surface area contributed by atoms with E-state index in [0.29, 0.717) is 11.8 Å². The molecule has 0 aliphatic rings. The fourth-order valence-corrected chi connectivity index (χ4v) is 3.33. The van der Waals surface area contributed by atoms with Gasteiger partial charge in [-0.1, -0.05) is 29.8 Å². The number of para-hydroxylation sites is 1. The largest absolute Gasteiger partial charge is 0.376 e. The molecule has 2 heterocycles. The summed E-state index contributed by atoms with van der Waals surface area (Å²) in [5.41, 5.74) is 1.18. The summed E-state index contributed by atoms with van der Waals surface area (Å²) in [5, 5.41) is 11.3. The van der Waals surface area contributed by atoms with Gasteiger partial charge in [-0.15, -0.1) is 0 Å². The van der Waals surface area contributed by atoms with E-state index in [1.54, 1.807) is 10.9 Å². The highest BCUT2D eigenvalue weighted by atomic mass is 35.5. The molecular weight excluding hydrogens is 412 g/mol. The lowest BCUT2D eigenvalue weighted by molar-refractivity contribution is 0.570. The van der Waals surface area contributed by atoms with Crippen LogP contribution >= 0.6 is 11.6 Å². The number of hydrogen-bond acceptors (Lipinski definition) is 4. The Kier molecular flexibility index (Phi) is 5.33. The van der Waals surface area contributed by atoms with E-state index in [2.05, 4.69) is 15.5 Å². The third-order valence-electron chi connectivity index (χ3n) is 4.58. The maximum absolute atomic E-state index is 14.1. The van der Waals surface area contributed by atoms with Crippen molar-refractivity contribution < 1.29 is 8.78 Å². The first-order valence-corrected chi connectivity index (χ1v) is 9.42. The van der Waals surface area contributed by atoms with Crippen LogP contribution in [0.2, 0.25) is 5.02 Å². The van der Waals surface area contributed by atoms with Crippen LogP contribution in [0.1, 0.15) is 18.5 Å². The third kappa shape index (κ3) is 3.69. The van der Waals surface area contributed by atoms with E-state index in [-0.39, 0.29) is 16.8 Å². The molecule has 30 heavy (non-hydrogen) atoms. The quantitative estimate of drug-likeness (QED) is 0.508. The predicted octanol–water partition coefficient (Wildman–Crippen LogP) is 4.52. The normalized spacial score (nSPS) is 12.0. The summed E-state index contributed by atoms with van der Waals surface area (Å²) in [5.74, 6) is -1.67. The summed E-state index contributed by atoms with van der Waals surface area (Å²) in [4.78, 5) is 12.7. The number of benzene rings is 2. The molecule has 2 aromatic carbocycles. The third-order valence-corrected chi connectivity index (χ3v) is 4.95. The molecule has 0 fully saturated rings. The molecule has 1 unspecified atom stereocenters. The smallest absolute Gasteiger partial charge is 0.292 e. The summed E-state index contributed by atoms with van der Waals surface area (Å²) in [7, 11) is 0.